The molecule has 4 aliphatic rings. The fraction of sp³-hybridized carbons (Fsp3) is 0.583. The van der Waals surface area contributed by atoms with E-state index in [1.165, 1.54) is 35.0 Å². The quantitative estimate of drug-likeness (QED) is 0.180. The number of fused-ring (bicyclic) bond motifs is 4. The van der Waals surface area contributed by atoms with Gasteiger partial charge in [0.1, 0.15) is 36.0 Å². The number of hydrogen-bond acceptors (Lipinski definition) is 15. The van der Waals surface area contributed by atoms with E-state index in [-0.39, 0.29) is 40.4 Å². The molecule has 0 aromatic carbocycles. The first kappa shape index (κ1) is 31.1. The number of aliphatic hydroxyl groups excluding tert-OH is 1. The number of H-pyrrole nitrogens is 1. The smallest absolute Gasteiger partial charge is 0.396 e. The molecule has 47 heavy (non-hydrogen) atoms. The predicted molar refractivity (Wildman–Crippen MR) is 153 cm³/mol. The SMILES string of the molecule is Cc1nc2c(ncn2[C@@H]2O[C@@H]3COP(=O)(O)O[C@H]4[C@@H](F)[C@H](n5cnc6c(N)ncnc65)[C@H]5C[C@]54COP(=O)(O)O[C@@H]2[C@@H]3CO)c(=O)[nH]1. The van der Waals surface area contributed by atoms with Crippen molar-refractivity contribution in [2.45, 2.75) is 50.1 Å². The Morgan fingerprint density at radius 1 is 1.09 bits per heavy atom. The summed E-state index contributed by atoms with van der Waals surface area (Å²) >= 11 is 0. The molecule has 11 atom stereocenters. The van der Waals surface area contributed by atoms with Crippen LogP contribution in [0.4, 0.5) is 10.2 Å². The third-order valence-corrected chi connectivity index (χ3v) is 11.3. The molecule has 0 radical (unpaired) electrons. The highest BCUT2D eigenvalue weighted by molar-refractivity contribution is 7.47. The summed E-state index contributed by atoms with van der Waals surface area (Å²) < 4.78 is 73.8. The normalized spacial score (nSPS) is 40.4. The second kappa shape index (κ2) is 10.6. The number of nitrogens with two attached hydrogens (primary N) is 1. The van der Waals surface area contributed by atoms with Crippen molar-refractivity contribution < 1.29 is 51.2 Å². The van der Waals surface area contributed by atoms with Crippen LogP contribution in [0.2, 0.25) is 0 Å². The molecule has 4 fully saturated rings. The van der Waals surface area contributed by atoms with Crippen molar-refractivity contribution in [2.24, 2.45) is 17.3 Å². The van der Waals surface area contributed by atoms with E-state index in [1.807, 2.05) is 0 Å². The van der Waals surface area contributed by atoms with Crippen molar-refractivity contribution in [3.8, 4) is 0 Å². The Bertz CT molecular complexity index is 2060. The zero-order valence-corrected chi connectivity index (χ0v) is 26.1. The topological polar surface area (TPSA) is 274 Å². The molecule has 6 heterocycles. The van der Waals surface area contributed by atoms with Gasteiger partial charge in [-0.3, -0.25) is 27.5 Å². The summed E-state index contributed by atoms with van der Waals surface area (Å²) in [6.45, 7) is -0.459. The molecule has 2 bridgehead atoms. The lowest BCUT2D eigenvalue weighted by Crippen LogP contribution is -2.35. The number of ether oxygens (including phenoxy) is 1. The van der Waals surface area contributed by atoms with Gasteiger partial charge in [-0.05, 0) is 19.3 Å². The van der Waals surface area contributed by atoms with E-state index in [9.17, 15) is 28.8 Å². The van der Waals surface area contributed by atoms with Crippen LogP contribution in [0.1, 0.15) is 24.5 Å². The summed E-state index contributed by atoms with van der Waals surface area (Å²) in [5.41, 5.74) is 4.42. The second-order valence-electron chi connectivity index (χ2n) is 12.1. The van der Waals surface area contributed by atoms with Gasteiger partial charge in [0.05, 0.1) is 44.6 Å². The van der Waals surface area contributed by atoms with Gasteiger partial charge in [-0.2, -0.15) is 0 Å². The summed E-state index contributed by atoms with van der Waals surface area (Å²) in [6, 6.07) is -1.04. The van der Waals surface area contributed by atoms with Crippen LogP contribution in [0.25, 0.3) is 22.3 Å². The number of halogens is 1. The summed E-state index contributed by atoms with van der Waals surface area (Å²) in [7, 11) is -10.1. The minimum Gasteiger partial charge on any atom is -0.396 e. The average molecular weight is 699 g/mol. The number of nitrogens with zero attached hydrogens (tertiary/aromatic N) is 7. The zero-order chi connectivity index (χ0) is 33.0. The maximum Gasteiger partial charge on any atom is 0.472 e. The Morgan fingerprint density at radius 2 is 1.83 bits per heavy atom. The van der Waals surface area contributed by atoms with Crippen LogP contribution in [0.5, 0.6) is 0 Å². The fourth-order valence-corrected chi connectivity index (χ4v) is 9.21. The van der Waals surface area contributed by atoms with Crippen molar-refractivity contribution in [3.63, 3.8) is 0 Å². The number of anilines is 1. The van der Waals surface area contributed by atoms with Crippen molar-refractivity contribution in [1.29, 1.82) is 0 Å². The Kier molecular flexibility index (Phi) is 7.03. The molecule has 1 spiro atoms. The van der Waals surface area contributed by atoms with Crippen LogP contribution < -0.4 is 11.3 Å². The number of aliphatic hydroxyl groups is 1. The number of imidazole rings is 2. The maximum atomic E-state index is 16.3. The Labute approximate surface area is 262 Å². The minimum absolute atomic E-state index is 0.0432. The van der Waals surface area contributed by atoms with Gasteiger partial charge in [0.2, 0.25) is 0 Å². The Morgan fingerprint density at radius 3 is 2.62 bits per heavy atom. The number of alkyl halides is 1. The first-order valence-electron chi connectivity index (χ1n) is 14.4. The van der Waals surface area contributed by atoms with E-state index in [4.69, 9.17) is 28.6 Å². The molecule has 4 aromatic rings. The molecule has 2 saturated heterocycles. The molecule has 2 saturated carbocycles. The molecule has 2 aliphatic carbocycles. The first-order valence-corrected chi connectivity index (χ1v) is 17.4. The molecule has 23 heteroatoms. The molecule has 8 rings (SSSR count). The summed E-state index contributed by atoms with van der Waals surface area (Å²) in [4.78, 5) is 57.4. The number of phosphoric acid groups is 2. The Hall–Kier alpha value is -3.23. The number of rotatable bonds is 3. The lowest BCUT2D eigenvalue weighted by molar-refractivity contribution is -0.0604. The predicted octanol–water partition coefficient (Wildman–Crippen LogP) is 0.273. The van der Waals surface area contributed by atoms with E-state index in [2.05, 4.69) is 29.9 Å². The lowest BCUT2D eigenvalue weighted by atomic mass is 9.99. The monoisotopic (exact) mass is 699 g/mol. The summed E-state index contributed by atoms with van der Waals surface area (Å²) in [6.07, 6.45) is -3.71. The molecule has 20 nitrogen and oxygen atoms in total. The van der Waals surface area contributed by atoms with Crippen LogP contribution in [0.15, 0.2) is 23.8 Å². The van der Waals surface area contributed by atoms with E-state index >= 15 is 4.39 Å². The molecular weight excluding hydrogens is 671 g/mol. The van der Waals surface area contributed by atoms with Gasteiger partial charge in [-0.25, -0.2) is 38.4 Å². The molecule has 6 N–H and O–H groups in total. The lowest BCUT2D eigenvalue weighted by Gasteiger charge is -2.29. The van der Waals surface area contributed by atoms with Gasteiger partial charge >= 0.3 is 15.6 Å². The van der Waals surface area contributed by atoms with Gasteiger partial charge in [0.15, 0.2) is 28.9 Å². The Balaban J connectivity index is 1.15. The number of phosphoric ester groups is 2. The van der Waals surface area contributed by atoms with Crippen LogP contribution >= 0.6 is 15.6 Å². The molecule has 0 amide bonds. The largest absolute Gasteiger partial charge is 0.472 e. The number of nitrogen functional groups attached to an aromatic ring is 1. The van der Waals surface area contributed by atoms with Gasteiger partial charge in [-0.15, -0.1) is 0 Å². The van der Waals surface area contributed by atoms with E-state index in [1.54, 1.807) is 0 Å². The first-order chi connectivity index (χ1) is 22.3. The maximum absolute atomic E-state index is 16.3. The van der Waals surface area contributed by atoms with Crippen LogP contribution in [-0.4, -0.2) is 98.2 Å². The molecule has 4 aromatic heterocycles. The van der Waals surface area contributed by atoms with Crippen molar-refractivity contribution >= 4 is 43.8 Å². The van der Waals surface area contributed by atoms with Crippen molar-refractivity contribution in [1.82, 2.24) is 39.0 Å². The minimum atomic E-state index is -5.05. The third-order valence-electron chi connectivity index (χ3n) is 9.41. The highest BCUT2D eigenvalue weighted by Crippen LogP contribution is 2.72. The second-order valence-corrected chi connectivity index (χ2v) is 14.9. The molecule has 2 aliphatic heterocycles. The van der Waals surface area contributed by atoms with E-state index < -0.39 is 95.0 Å². The number of hydrogen-bond donors (Lipinski definition) is 5. The number of aryl methyl sites for hydroxylation is 1. The third kappa shape index (κ3) is 4.87. The van der Waals surface area contributed by atoms with Gasteiger partial charge in [0, 0.05) is 11.3 Å². The number of nitrogens with one attached hydrogen (secondary N) is 1. The van der Waals surface area contributed by atoms with Gasteiger partial charge in [-0.1, -0.05) is 0 Å². The zero-order valence-electron chi connectivity index (χ0n) is 24.3. The van der Waals surface area contributed by atoms with Crippen molar-refractivity contribution in [3.05, 3.63) is 35.2 Å². The summed E-state index contributed by atoms with van der Waals surface area (Å²) in [5.74, 6) is -1.44. The standard InChI is InChI=1S/C24H28FN9O11P2/c1-9-31-21-15(22(36)32-9)30-8-34(21)23-17-10(3-35)12(43-23)4-41-46(37,38)45-18-13(25)16(11-2-24(11,18)5-42-47(39,40)44-17)33-7-29-14-19(26)27-6-28-20(14)33/h6-8,10-13,16-18,23,35H,2-5H2,1H3,(H,37,38)(H,39,40)(H2,26,27,28)(H,31,32,36)/t10-,11-,12-,13+,16-,17-,18+,23-,24+/m1/s1. The highest BCUT2D eigenvalue weighted by Gasteiger charge is 2.75. The molecule has 2 unspecified atom stereocenters. The molecule has 252 valence electrons. The summed E-state index contributed by atoms with van der Waals surface area (Å²) in [5, 5.41) is 10.3. The van der Waals surface area contributed by atoms with E-state index in [0.717, 1.165) is 0 Å². The molecular formula is C24H28FN9O11P2. The van der Waals surface area contributed by atoms with Crippen molar-refractivity contribution in [2.75, 3.05) is 25.6 Å². The van der Waals surface area contributed by atoms with Gasteiger partial charge < -0.3 is 34.9 Å². The average Bonchev–Trinajstić information content (AvgIpc) is 3.30. The highest BCUT2D eigenvalue weighted by atomic mass is 31.2. The van der Waals surface area contributed by atoms with E-state index in [0.29, 0.717) is 0 Å². The number of aromatic nitrogens is 8. The fourth-order valence-electron chi connectivity index (χ4n) is 7.17. The van der Waals surface area contributed by atoms with Gasteiger partial charge in [0.25, 0.3) is 5.56 Å². The number of aromatic amines is 1. The van der Waals surface area contributed by atoms with Crippen LogP contribution in [-0.2, 0) is 32.0 Å². The van der Waals surface area contributed by atoms with Crippen LogP contribution in [0, 0.1) is 24.2 Å². The van der Waals surface area contributed by atoms with Crippen LogP contribution in [0.3, 0.4) is 0 Å².